The molecule has 0 radical (unpaired) electrons. The van der Waals surface area contributed by atoms with E-state index in [0.717, 1.165) is 10.9 Å². The largest absolute Gasteiger partial charge is 0.369 e. The fourth-order valence-corrected chi connectivity index (χ4v) is 2.50. The summed E-state index contributed by atoms with van der Waals surface area (Å²) < 4.78 is 14.6. The van der Waals surface area contributed by atoms with Crippen LogP contribution in [0.25, 0.3) is 11.0 Å². The number of hydrogen-bond donors (Lipinski definition) is 2. The minimum atomic E-state index is -0.447. The quantitative estimate of drug-likeness (QED) is 0.710. The Bertz CT molecular complexity index is 861. The van der Waals surface area contributed by atoms with Gasteiger partial charge in [0.15, 0.2) is 5.65 Å². The standard InChI is InChI=1S/C16H17FN6O/c1-23-16-13(8-22-23)15(20-9-21-16)19-7-11(14(18)24)6-10-2-4-12(17)5-3-10/h2-5,8-9,11H,6-7H2,1H3,(H2,18,24)(H,19,20,21)/t11-/m0/s1. The SMILES string of the molecule is Cn1ncc2c(NC[C@H](Cc3ccc(F)cc3)C(N)=O)ncnc21. The number of aromatic nitrogens is 4. The van der Waals surface area contributed by atoms with E-state index in [-0.39, 0.29) is 5.82 Å². The molecule has 1 amide bonds. The van der Waals surface area contributed by atoms with Gasteiger partial charge in [0.25, 0.3) is 0 Å². The van der Waals surface area contributed by atoms with Crippen molar-refractivity contribution in [2.24, 2.45) is 18.7 Å². The molecule has 0 aliphatic carbocycles. The number of carbonyl (C=O) groups is 1. The van der Waals surface area contributed by atoms with Crippen LogP contribution in [-0.2, 0) is 18.3 Å². The summed E-state index contributed by atoms with van der Waals surface area (Å²) in [4.78, 5) is 20.1. The monoisotopic (exact) mass is 328 g/mol. The maximum atomic E-state index is 13.0. The summed E-state index contributed by atoms with van der Waals surface area (Å²) in [6.07, 6.45) is 3.52. The second-order valence-corrected chi connectivity index (χ2v) is 5.54. The van der Waals surface area contributed by atoms with E-state index in [1.165, 1.54) is 18.5 Å². The molecule has 3 aromatic rings. The topological polar surface area (TPSA) is 98.7 Å². The molecule has 1 aromatic carbocycles. The van der Waals surface area contributed by atoms with Crippen molar-refractivity contribution in [2.45, 2.75) is 6.42 Å². The molecule has 124 valence electrons. The molecule has 3 N–H and O–H groups in total. The van der Waals surface area contributed by atoms with Crippen LogP contribution in [0.3, 0.4) is 0 Å². The summed E-state index contributed by atoms with van der Waals surface area (Å²) in [5, 5.41) is 8.04. The second kappa shape index (κ2) is 6.61. The maximum absolute atomic E-state index is 13.0. The first-order chi connectivity index (χ1) is 11.5. The highest BCUT2D eigenvalue weighted by Crippen LogP contribution is 2.18. The predicted molar refractivity (Wildman–Crippen MR) is 87.6 cm³/mol. The van der Waals surface area contributed by atoms with Gasteiger partial charge >= 0.3 is 0 Å². The summed E-state index contributed by atoms with van der Waals surface area (Å²) in [6.45, 7) is 0.313. The average molecular weight is 328 g/mol. The number of nitrogens with one attached hydrogen (secondary N) is 1. The number of aryl methyl sites for hydroxylation is 1. The highest BCUT2D eigenvalue weighted by atomic mass is 19.1. The third kappa shape index (κ3) is 3.32. The zero-order valence-corrected chi connectivity index (χ0v) is 13.1. The lowest BCUT2D eigenvalue weighted by Crippen LogP contribution is -2.31. The highest BCUT2D eigenvalue weighted by molar-refractivity contribution is 5.86. The van der Waals surface area contributed by atoms with Gasteiger partial charge < -0.3 is 11.1 Å². The van der Waals surface area contributed by atoms with Crippen molar-refractivity contribution in [3.05, 3.63) is 48.2 Å². The fourth-order valence-electron chi connectivity index (χ4n) is 2.50. The smallest absolute Gasteiger partial charge is 0.222 e. The number of anilines is 1. The zero-order chi connectivity index (χ0) is 17.1. The van der Waals surface area contributed by atoms with Crippen molar-refractivity contribution in [3.63, 3.8) is 0 Å². The van der Waals surface area contributed by atoms with E-state index in [4.69, 9.17) is 5.73 Å². The van der Waals surface area contributed by atoms with Gasteiger partial charge in [0, 0.05) is 13.6 Å². The van der Waals surface area contributed by atoms with Gasteiger partial charge in [-0.2, -0.15) is 5.10 Å². The van der Waals surface area contributed by atoms with Crippen LogP contribution in [0, 0.1) is 11.7 Å². The first-order valence-electron chi connectivity index (χ1n) is 7.45. The van der Waals surface area contributed by atoms with Crippen molar-refractivity contribution in [2.75, 3.05) is 11.9 Å². The predicted octanol–water partition coefficient (Wildman–Crippen LogP) is 1.26. The number of primary amides is 1. The molecule has 0 unspecified atom stereocenters. The van der Waals surface area contributed by atoms with Gasteiger partial charge in [-0.15, -0.1) is 0 Å². The van der Waals surface area contributed by atoms with Gasteiger partial charge in [-0.05, 0) is 24.1 Å². The Morgan fingerprint density at radius 3 is 2.79 bits per heavy atom. The van der Waals surface area contributed by atoms with Crippen molar-refractivity contribution in [1.29, 1.82) is 0 Å². The van der Waals surface area contributed by atoms with Crippen LogP contribution in [0.4, 0.5) is 10.2 Å². The van der Waals surface area contributed by atoms with Crippen LogP contribution in [0.1, 0.15) is 5.56 Å². The molecule has 3 rings (SSSR count). The molecule has 0 spiro atoms. The molecule has 0 saturated carbocycles. The first kappa shape index (κ1) is 15.9. The Labute approximate surface area is 137 Å². The lowest BCUT2D eigenvalue weighted by Gasteiger charge is -2.15. The molecule has 0 saturated heterocycles. The van der Waals surface area contributed by atoms with Crippen LogP contribution in [-0.4, -0.2) is 32.2 Å². The van der Waals surface area contributed by atoms with E-state index in [2.05, 4.69) is 20.4 Å². The van der Waals surface area contributed by atoms with Crippen LogP contribution in [0.15, 0.2) is 36.8 Å². The van der Waals surface area contributed by atoms with Gasteiger partial charge in [0.05, 0.1) is 17.5 Å². The number of carbonyl (C=O) groups excluding carboxylic acids is 1. The molecule has 8 heteroatoms. The van der Waals surface area contributed by atoms with E-state index < -0.39 is 11.8 Å². The van der Waals surface area contributed by atoms with Crippen molar-refractivity contribution in [1.82, 2.24) is 19.7 Å². The van der Waals surface area contributed by atoms with Crippen molar-refractivity contribution >= 4 is 22.8 Å². The molecule has 0 fully saturated rings. The minimum Gasteiger partial charge on any atom is -0.369 e. The number of halogens is 1. The summed E-state index contributed by atoms with van der Waals surface area (Å²) in [5.41, 5.74) is 7.03. The van der Waals surface area contributed by atoms with Gasteiger partial charge in [-0.1, -0.05) is 12.1 Å². The van der Waals surface area contributed by atoms with Crippen molar-refractivity contribution < 1.29 is 9.18 Å². The normalized spacial score (nSPS) is 12.2. The number of benzene rings is 1. The van der Waals surface area contributed by atoms with Gasteiger partial charge in [-0.25, -0.2) is 14.4 Å². The molecule has 7 nitrogen and oxygen atoms in total. The van der Waals surface area contributed by atoms with E-state index in [9.17, 15) is 9.18 Å². The molecular formula is C16H17FN6O. The van der Waals surface area contributed by atoms with Gasteiger partial charge in [0.2, 0.25) is 5.91 Å². The number of rotatable bonds is 6. The highest BCUT2D eigenvalue weighted by Gasteiger charge is 2.17. The maximum Gasteiger partial charge on any atom is 0.222 e. The molecule has 0 bridgehead atoms. The van der Waals surface area contributed by atoms with E-state index in [0.29, 0.717) is 24.4 Å². The molecule has 0 aliphatic heterocycles. The van der Waals surface area contributed by atoms with Crippen LogP contribution in [0.2, 0.25) is 0 Å². The molecule has 24 heavy (non-hydrogen) atoms. The Morgan fingerprint density at radius 2 is 2.08 bits per heavy atom. The molecule has 1 atom stereocenters. The number of fused-ring (bicyclic) bond motifs is 1. The summed E-state index contributed by atoms with van der Waals surface area (Å²) in [5.74, 6) is -0.591. The van der Waals surface area contributed by atoms with Crippen LogP contribution >= 0.6 is 0 Å². The van der Waals surface area contributed by atoms with E-state index >= 15 is 0 Å². The van der Waals surface area contributed by atoms with Gasteiger partial charge in [0.1, 0.15) is 18.0 Å². The Morgan fingerprint density at radius 1 is 1.33 bits per heavy atom. The number of nitrogens with two attached hydrogens (primary N) is 1. The van der Waals surface area contributed by atoms with E-state index in [1.807, 2.05) is 0 Å². The van der Waals surface area contributed by atoms with E-state index in [1.54, 1.807) is 30.1 Å². The Hall–Kier alpha value is -3.03. The van der Waals surface area contributed by atoms with Crippen LogP contribution < -0.4 is 11.1 Å². The third-order valence-electron chi connectivity index (χ3n) is 3.84. The van der Waals surface area contributed by atoms with Crippen molar-refractivity contribution in [3.8, 4) is 0 Å². The third-order valence-corrected chi connectivity index (χ3v) is 3.84. The lowest BCUT2D eigenvalue weighted by atomic mass is 9.98. The Kier molecular flexibility index (Phi) is 4.37. The first-order valence-corrected chi connectivity index (χ1v) is 7.45. The number of nitrogens with zero attached hydrogens (tertiary/aromatic N) is 4. The lowest BCUT2D eigenvalue weighted by molar-refractivity contribution is -0.121. The minimum absolute atomic E-state index is 0.313. The number of hydrogen-bond acceptors (Lipinski definition) is 5. The summed E-state index contributed by atoms with van der Waals surface area (Å²) >= 11 is 0. The summed E-state index contributed by atoms with van der Waals surface area (Å²) in [7, 11) is 1.79. The Balaban J connectivity index is 1.74. The number of amides is 1. The molecular weight excluding hydrogens is 311 g/mol. The fraction of sp³-hybridized carbons (Fsp3) is 0.250. The zero-order valence-electron chi connectivity index (χ0n) is 13.1. The molecule has 2 aromatic heterocycles. The molecule has 0 aliphatic rings. The second-order valence-electron chi connectivity index (χ2n) is 5.54. The van der Waals surface area contributed by atoms with Crippen LogP contribution in [0.5, 0.6) is 0 Å². The average Bonchev–Trinajstić information content (AvgIpc) is 2.95. The summed E-state index contributed by atoms with van der Waals surface area (Å²) in [6, 6.07) is 6.03. The van der Waals surface area contributed by atoms with Gasteiger partial charge in [-0.3, -0.25) is 9.48 Å². The molecule has 2 heterocycles.